The lowest BCUT2D eigenvalue weighted by Crippen LogP contribution is -1.95. The van der Waals surface area contributed by atoms with Crippen molar-refractivity contribution in [2.45, 2.75) is 4.90 Å². The van der Waals surface area contributed by atoms with E-state index in [9.17, 15) is 12.8 Å². The largest absolute Gasteiger partial charge is 0.264 e. The summed E-state index contributed by atoms with van der Waals surface area (Å²) >= 11 is 0. The SMILES string of the molecule is O=S(=O)(Cl)c1ccc2ccccc2c1F. The Hall–Kier alpha value is -1.13. The van der Waals surface area contributed by atoms with Crippen LogP contribution < -0.4 is 0 Å². The van der Waals surface area contributed by atoms with Gasteiger partial charge >= 0.3 is 0 Å². The zero-order valence-electron chi connectivity index (χ0n) is 7.44. The summed E-state index contributed by atoms with van der Waals surface area (Å²) in [6.07, 6.45) is 0. The molecule has 2 aromatic rings. The first-order valence-electron chi connectivity index (χ1n) is 4.12. The fourth-order valence-electron chi connectivity index (χ4n) is 1.40. The van der Waals surface area contributed by atoms with Crippen LogP contribution in [0.25, 0.3) is 10.8 Å². The number of benzene rings is 2. The van der Waals surface area contributed by atoms with Gasteiger partial charge < -0.3 is 0 Å². The van der Waals surface area contributed by atoms with E-state index in [4.69, 9.17) is 10.7 Å². The molecular formula is C10H6ClFO2S. The van der Waals surface area contributed by atoms with Crippen molar-refractivity contribution in [3.8, 4) is 0 Å². The Morgan fingerprint density at radius 1 is 1.07 bits per heavy atom. The van der Waals surface area contributed by atoms with E-state index in [1.54, 1.807) is 18.2 Å². The van der Waals surface area contributed by atoms with Crippen LogP contribution in [0.2, 0.25) is 0 Å². The molecule has 0 aliphatic carbocycles. The monoisotopic (exact) mass is 244 g/mol. The molecule has 0 aliphatic rings. The second-order valence-electron chi connectivity index (χ2n) is 3.04. The van der Waals surface area contributed by atoms with E-state index in [1.165, 1.54) is 18.2 Å². The zero-order chi connectivity index (χ0) is 11.1. The van der Waals surface area contributed by atoms with Gasteiger partial charge in [-0.05, 0) is 11.5 Å². The molecule has 0 spiro atoms. The average Bonchev–Trinajstić information content (AvgIpc) is 2.16. The number of rotatable bonds is 1. The van der Waals surface area contributed by atoms with Crippen LogP contribution in [0.5, 0.6) is 0 Å². The molecule has 0 amide bonds. The summed E-state index contributed by atoms with van der Waals surface area (Å²) in [5.41, 5.74) is 0. The van der Waals surface area contributed by atoms with E-state index in [0.29, 0.717) is 5.39 Å². The van der Waals surface area contributed by atoms with Crippen molar-refractivity contribution in [2.24, 2.45) is 0 Å². The van der Waals surface area contributed by atoms with Crippen molar-refractivity contribution in [1.29, 1.82) is 0 Å². The molecule has 2 aromatic carbocycles. The molecular weight excluding hydrogens is 239 g/mol. The maximum Gasteiger partial charge on any atom is 0.264 e. The lowest BCUT2D eigenvalue weighted by Gasteiger charge is -2.02. The van der Waals surface area contributed by atoms with Gasteiger partial charge in [-0.15, -0.1) is 0 Å². The molecule has 0 fully saturated rings. The molecule has 0 bridgehead atoms. The Balaban J connectivity index is 2.88. The molecule has 2 rings (SSSR count). The summed E-state index contributed by atoms with van der Waals surface area (Å²) in [5, 5.41) is 0.887. The maximum absolute atomic E-state index is 13.7. The second-order valence-corrected chi connectivity index (χ2v) is 5.57. The van der Waals surface area contributed by atoms with Crippen LogP contribution >= 0.6 is 10.7 Å². The molecule has 0 unspecified atom stereocenters. The van der Waals surface area contributed by atoms with Crippen LogP contribution in [0.1, 0.15) is 0 Å². The molecule has 0 aromatic heterocycles. The summed E-state index contributed by atoms with van der Waals surface area (Å²) < 4.78 is 35.7. The smallest absolute Gasteiger partial charge is 0.207 e. The van der Waals surface area contributed by atoms with Crippen LogP contribution in [-0.4, -0.2) is 8.42 Å². The van der Waals surface area contributed by atoms with Crippen LogP contribution in [0, 0.1) is 5.82 Å². The van der Waals surface area contributed by atoms with Gasteiger partial charge in [0.15, 0.2) is 5.82 Å². The first-order chi connectivity index (χ1) is 7.00. The standard InChI is InChI=1S/C10H6ClFO2S/c11-15(13,14)9-6-5-7-3-1-2-4-8(7)10(9)12/h1-6H. The number of halogens is 2. The Morgan fingerprint density at radius 3 is 2.40 bits per heavy atom. The van der Waals surface area contributed by atoms with Crippen molar-refractivity contribution < 1.29 is 12.8 Å². The zero-order valence-corrected chi connectivity index (χ0v) is 9.02. The number of hydrogen-bond donors (Lipinski definition) is 0. The Bertz CT molecular complexity index is 622. The molecule has 0 saturated carbocycles. The third kappa shape index (κ3) is 1.82. The quantitative estimate of drug-likeness (QED) is 0.723. The van der Waals surface area contributed by atoms with E-state index >= 15 is 0 Å². The summed E-state index contributed by atoms with van der Waals surface area (Å²) in [4.78, 5) is -0.483. The molecule has 78 valence electrons. The third-order valence-corrected chi connectivity index (χ3v) is 3.43. The van der Waals surface area contributed by atoms with Gasteiger partial charge in [-0.2, -0.15) is 0 Å². The molecule has 0 aliphatic heterocycles. The number of hydrogen-bond acceptors (Lipinski definition) is 2. The van der Waals surface area contributed by atoms with Crippen molar-refractivity contribution in [2.75, 3.05) is 0 Å². The van der Waals surface area contributed by atoms with E-state index in [0.717, 1.165) is 0 Å². The second kappa shape index (κ2) is 3.47. The minimum absolute atomic E-state index is 0.249. The van der Waals surface area contributed by atoms with E-state index in [-0.39, 0.29) is 5.39 Å². The van der Waals surface area contributed by atoms with Gasteiger partial charge in [0.05, 0.1) is 0 Å². The van der Waals surface area contributed by atoms with Gasteiger partial charge in [0, 0.05) is 16.1 Å². The van der Waals surface area contributed by atoms with Crippen LogP contribution in [0.15, 0.2) is 41.3 Å². The van der Waals surface area contributed by atoms with Crippen LogP contribution in [0.3, 0.4) is 0 Å². The maximum atomic E-state index is 13.7. The summed E-state index contributed by atoms with van der Waals surface area (Å²) in [6, 6.07) is 9.28. The minimum Gasteiger partial charge on any atom is -0.207 e. The highest BCUT2D eigenvalue weighted by Gasteiger charge is 2.17. The van der Waals surface area contributed by atoms with Crippen LogP contribution in [0.4, 0.5) is 4.39 Å². The van der Waals surface area contributed by atoms with Crippen LogP contribution in [-0.2, 0) is 9.05 Å². The normalized spacial score (nSPS) is 11.9. The Labute approximate surface area is 90.7 Å². The summed E-state index contributed by atoms with van der Waals surface area (Å²) in [5.74, 6) is -0.803. The third-order valence-electron chi connectivity index (χ3n) is 2.09. The topological polar surface area (TPSA) is 34.1 Å². The van der Waals surface area contributed by atoms with Crippen molar-refractivity contribution in [3.63, 3.8) is 0 Å². The lowest BCUT2D eigenvalue weighted by molar-refractivity contribution is 0.582. The van der Waals surface area contributed by atoms with E-state index in [2.05, 4.69) is 0 Å². The van der Waals surface area contributed by atoms with Crippen molar-refractivity contribution >= 4 is 30.5 Å². The fourth-order valence-corrected chi connectivity index (χ4v) is 2.31. The molecule has 0 radical (unpaired) electrons. The molecule has 0 N–H and O–H groups in total. The van der Waals surface area contributed by atoms with Gasteiger partial charge in [-0.25, -0.2) is 12.8 Å². The molecule has 2 nitrogen and oxygen atoms in total. The Kier molecular flexibility index (Phi) is 2.40. The Morgan fingerprint density at radius 2 is 1.73 bits per heavy atom. The average molecular weight is 245 g/mol. The van der Waals surface area contributed by atoms with Crippen molar-refractivity contribution in [1.82, 2.24) is 0 Å². The van der Waals surface area contributed by atoms with E-state index in [1.807, 2.05) is 0 Å². The highest BCUT2D eigenvalue weighted by molar-refractivity contribution is 8.13. The summed E-state index contributed by atoms with van der Waals surface area (Å²) in [6.45, 7) is 0. The molecule has 5 heteroatoms. The predicted molar refractivity (Wildman–Crippen MR) is 56.9 cm³/mol. The first kappa shape index (κ1) is 10.4. The predicted octanol–water partition coefficient (Wildman–Crippen LogP) is 2.91. The van der Waals surface area contributed by atoms with E-state index < -0.39 is 19.8 Å². The van der Waals surface area contributed by atoms with Gasteiger partial charge in [0.25, 0.3) is 9.05 Å². The number of fused-ring (bicyclic) bond motifs is 1. The fraction of sp³-hybridized carbons (Fsp3) is 0. The van der Waals surface area contributed by atoms with Crippen molar-refractivity contribution in [3.05, 3.63) is 42.2 Å². The first-order valence-corrected chi connectivity index (χ1v) is 6.43. The molecule has 15 heavy (non-hydrogen) atoms. The lowest BCUT2D eigenvalue weighted by atomic mass is 10.1. The molecule has 0 atom stereocenters. The highest BCUT2D eigenvalue weighted by Crippen LogP contribution is 2.26. The van der Waals surface area contributed by atoms with Gasteiger partial charge in [0.1, 0.15) is 4.90 Å². The highest BCUT2D eigenvalue weighted by atomic mass is 35.7. The van der Waals surface area contributed by atoms with Gasteiger partial charge in [-0.3, -0.25) is 0 Å². The molecule has 0 heterocycles. The van der Waals surface area contributed by atoms with Gasteiger partial charge in [0.2, 0.25) is 0 Å². The summed E-state index contributed by atoms with van der Waals surface area (Å²) in [7, 11) is 1.07. The minimum atomic E-state index is -4.03. The van der Waals surface area contributed by atoms with Gasteiger partial charge in [-0.1, -0.05) is 30.3 Å². The molecule has 0 saturated heterocycles.